The summed E-state index contributed by atoms with van der Waals surface area (Å²) in [4.78, 5) is 0. The number of hydrogen-bond acceptors (Lipinski definition) is 0. The summed E-state index contributed by atoms with van der Waals surface area (Å²) >= 11 is 11.9. The van der Waals surface area contributed by atoms with Gasteiger partial charge in [-0.3, -0.25) is 0 Å². The third kappa shape index (κ3) is 4.74. The Morgan fingerprint density at radius 2 is 1.33 bits per heavy atom. The molecule has 0 amide bonds. The quantitative estimate of drug-likeness (QED) is 0.569. The van der Waals surface area contributed by atoms with Gasteiger partial charge in [0.2, 0.25) is 0 Å². The molecule has 2 rings (SSSR count). The first-order valence-corrected chi connectivity index (χ1v) is 5.79. The largest absolute Gasteiger partial charge is 2.00 e. The van der Waals surface area contributed by atoms with Crippen LogP contribution in [0.25, 0.3) is 11.1 Å². The topological polar surface area (TPSA) is 0 Å². The van der Waals surface area contributed by atoms with Crippen LogP contribution in [0.3, 0.4) is 0 Å². The second kappa shape index (κ2) is 8.44. The molecule has 90 valence electrons. The minimum atomic E-state index is 0. The Kier molecular flexibility index (Phi) is 8.56. The van der Waals surface area contributed by atoms with Gasteiger partial charge >= 0.3 is 23.1 Å². The predicted molar refractivity (Wildman–Crippen MR) is 76.7 cm³/mol. The van der Waals surface area contributed by atoms with Crippen molar-refractivity contribution in [3.05, 3.63) is 65.0 Å². The normalized spacial score (nSPS) is 9.28. The molecule has 0 atom stereocenters. The van der Waals surface area contributed by atoms with E-state index in [0.29, 0.717) is 10.0 Å². The molecular formula is C14H11BrCl2Mg. The van der Waals surface area contributed by atoms with Crippen LogP contribution in [0, 0.1) is 6.92 Å². The molecule has 0 N–H and O–H groups in total. The molecule has 0 saturated heterocycles. The summed E-state index contributed by atoms with van der Waals surface area (Å²) in [6, 6.07) is 13.8. The van der Waals surface area contributed by atoms with Crippen molar-refractivity contribution in [2.45, 2.75) is 6.42 Å². The molecule has 0 aliphatic heterocycles. The number of halogens is 3. The van der Waals surface area contributed by atoms with Crippen LogP contribution >= 0.6 is 23.2 Å². The van der Waals surface area contributed by atoms with E-state index in [1.807, 2.05) is 12.1 Å². The average molecular weight is 354 g/mol. The Morgan fingerprint density at radius 1 is 0.833 bits per heavy atom. The maximum absolute atomic E-state index is 5.96. The zero-order valence-corrected chi connectivity index (χ0v) is 14.3. The molecule has 0 saturated carbocycles. The van der Waals surface area contributed by atoms with Gasteiger partial charge in [0.25, 0.3) is 0 Å². The Bertz CT molecular complexity index is 477. The van der Waals surface area contributed by atoms with Crippen LogP contribution in [-0.2, 0) is 6.42 Å². The van der Waals surface area contributed by atoms with Crippen LogP contribution in [-0.4, -0.2) is 23.1 Å². The van der Waals surface area contributed by atoms with Crippen molar-refractivity contribution in [1.29, 1.82) is 0 Å². The van der Waals surface area contributed by atoms with Crippen molar-refractivity contribution in [2.75, 3.05) is 0 Å². The molecule has 18 heavy (non-hydrogen) atoms. The SMILES string of the molecule is [Br-].[CH2-]Cc1ccc(-c2cc(Cl)cc(Cl)c2)cc1.[Mg+2]. The molecule has 0 nitrogen and oxygen atoms in total. The van der Waals surface area contributed by atoms with Crippen molar-refractivity contribution >= 4 is 46.3 Å². The maximum Gasteiger partial charge on any atom is 2.00 e. The van der Waals surface area contributed by atoms with E-state index in [0.717, 1.165) is 17.5 Å². The number of hydrogen-bond donors (Lipinski definition) is 0. The third-order valence-electron chi connectivity index (χ3n) is 2.44. The first-order valence-electron chi connectivity index (χ1n) is 5.03. The number of benzene rings is 2. The monoisotopic (exact) mass is 352 g/mol. The standard InChI is InChI=1S/C14H11Cl2.BrH.Mg/c1-2-10-3-5-11(6-4-10)12-7-13(15)9-14(16)8-12;;/h3-9H,1-2H2;1H;/q-1;;+2/p-1. The smallest absolute Gasteiger partial charge is 1.00 e. The zero-order valence-electron chi connectivity index (χ0n) is 9.80. The summed E-state index contributed by atoms with van der Waals surface area (Å²) < 4.78 is 0. The fourth-order valence-electron chi connectivity index (χ4n) is 1.58. The Labute approximate surface area is 145 Å². The van der Waals surface area contributed by atoms with E-state index in [-0.39, 0.29) is 40.0 Å². The Morgan fingerprint density at radius 3 is 1.78 bits per heavy atom. The fraction of sp³-hybridized carbons (Fsp3) is 0.0714. The van der Waals surface area contributed by atoms with Crippen LogP contribution in [0.2, 0.25) is 10.0 Å². The average Bonchev–Trinajstić information content (AvgIpc) is 2.28. The maximum atomic E-state index is 5.96. The van der Waals surface area contributed by atoms with Crippen molar-refractivity contribution in [2.24, 2.45) is 0 Å². The van der Waals surface area contributed by atoms with Crippen LogP contribution < -0.4 is 17.0 Å². The van der Waals surface area contributed by atoms with E-state index in [2.05, 4.69) is 31.2 Å². The summed E-state index contributed by atoms with van der Waals surface area (Å²) in [5.41, 5.74) is 3.37. The molecule has 2 aromatic rings. The van der Waals surface area contributed by atoms with Crippen LogP contribution in [0.1, 0.15) is 5.56 Å². The fourth-order valence-corrected chi connectivity index (χ4v) is 2.11. The van der Waals surface area contributed by atoms with Crippen molar-refractivity contribution < 1.29 is 17.0 Å². The predicted octanol–water partition coefficient (Wildman–Crippen LogP) is 1.66. The minimum absolute atomic E-state index is 0. The zero-order chi connectivity index (χ0) is 11.5. The van der Waals surface area contributed by atoms with Gasteiger partial charge in [-0.1, -0.05) is 53.0 Å². The van der Waals surface area contributed by atoms with Crippen LogP contribution in [0.4, 0.5) is 0 Å². The molecule has 2 aromatic carbocycles. The molecule has 0 aromatic heterocycles. The van der Waals surface area contributed by atoms with Gasteiger partial charge in [0.1, 0.15) is 0 Å². The second-order valence-electron chi connectivity index (χ2n) is 3.61. The van der Waals surface area contributed by atoms with Gasteiger partial charge in [-0.25, -0.2) is 0 Å². The molecule has 0 radical (unpaired) electrons. The molecule has 0 spiro atoms. The third-order valence-corrected chi connectivity index (χ3v) is 2.87. The first-order chi connectivity index (χ1) is 7.69. The molecule has 0 heterocycles. The Balaban J connectivity index is 0.00000144. The molecule has 0 fully saturated rings. The van der Waals surface area contributed by atoms with Crippen molar-refractivity contribution in [1.82, 2.24) is 0 Å². The van der Waals surface area contributed by atoms with Gasteiger partial charge in [0, 0.05) is 10.0 Å². The summed E-state index contributed by atoms with van der Waals surface area (Å²) in [7, 11) is 0. The summed E-state index contributed by atoms with van der Waals surface area (Å²) in [6.07, 6.45) is 0.802. The van der Waals surface area contributed by atoms with E-state index in [9.17, 15) is 0 Å². The summed E-state index contributed by atoms with van der Waals surface area (Å²) in [5.74, 6) is 0. The van der Waals surface area contributed by atoms with E-state index in [1.165, 1.54) is 5.56 Å². The van der Waals surface area contributed by atoms with Crippen molar-refractivity contribution in [3.8, 4) is 11.1 Å². The van der Waals surface area contributed by atoms with Crippen LogP contribution in [0.15, 0.2) is 42.5 Å². The van der Waals surface area contributed by atoms with Gasteiger partial charge in [-0.05, 0) is 29.3 Å². The summed E-state index contributed by atoms with van der Waals surface area (Å²) in [6.45, 7) is 3.84. The van der Waals surface area contributed by atoms with Gasteiger partial charge in [-0.2, -0.15) is 6.42 Å². The van der Waals surface area contributed by atoms with E-state index >= 15 is 0 Å². The molecule has 4 heteroatoms. The minimum Gasteiger partial charge on any atom is -1.00 e. The van der Waals surface area contributed by atoms with Gasteiger partial charge < -0.3 is 23.9 Å². The number of rotatable bonds is 2. The van der Waals surface area contributed by atoms with E-state index in [1.54, 1.807) is 6.07 Å². The van der Waals surface area contributed by atoms with Crippen molar-refractivity contribution in [3.63, 3.8) is 0 Å². The van der Waals surface area contributed by atoms with Gasteiger partial charge in [-0.15, -0.1) is 0 Å². The second-order valence-corrected chi connectivity index (χ2v) is 4.48. The van der Waals surface area contributed by atoms with Gasteiger partial charge in [0.05, 0.1) is 0 Å². The molecule has 0 bridgehead atoms. The van der Waals surface area contributed by atoms with E-state index < -0.39 is 0 Å². The molecule has 0 aliphatic rings. The molecular weight excluding hydrogens is 343 g/mol. The Hall–Kier alpha value is 0.266. The van der Waals surface area contributed by atoms with Gasteiger partial charge in [0.15, 0.2) is 0 Å². The first kappa shape index (κ1) is 18.3. The summed E-state index contributed by atoms with van der Waals surface area (Å²) in [5, 5.41) is 1.31. The molecule has 0 aliphatic carbocycles. The van der Waals surface area contributed by atoms with E-state index in [4.69, 9.17) is 23.2 Å². The molecule has 0 unspecified atom stereocenters. The van der Waals surface area contributed by atoms with Crippen LogP contribution in [0.5, 0.6) is 0 Å².